The summed E-state index contributed by atoms with van der Waals surface area (Å²) >= 11 is 1.51. The van der Waals surface area contributed by atoms with Gasteiger partial charge in [0.15, 0.2) is 11.4 Å². The summed E-state index contributed by atoms with van der Waals surface area (Å²) in [5.74, 6) is -1.81. The first-order valence-electron chi connectivity index (χ1n) is 11.3. The van der Waals surface area contributed by atoms with Gasteiger partial charge in [-0.05, 0) is 61.3 Å². The molecule has 3 heterocycles. The fraction of sp³-hybridized carbons (Fsp3) is 0.231. The Hall–Kier alpha value is -3.89. The number of nitrogens with one attached hydrogen (secondary N) is 2. The number of aromatic nitrogens is 2. The Bertz CT molecular complexity index is 1370. The molecule has 10 heteroatoms. The van der Waals surface area contributed by atoms with Crippen LogP contribution < -0.4 is 10.6 Å². The van der Waals surface area contributed by atoms with Gasteiger partial charge in [0.2, 0.25) is 0 Å². The molecule has 36 heavy (non-hydrogen) atoms. The van der Waals surface area contributed by atoms with E-state index < -0.39 is 17.6 Å². The quantitative estimate of drug-likeness (QED) is 0.321. The van der Waals surface area contributed by atoms with Crippen LogP contribution in [0.4, 0.5) is 4.39 Å². The second-order valence-corrected chi connectivity index (χ2v) is 9.55. The van der Waals surface area contributed by atoms with E-state index in [1.54, 1.807) is 24.4 Å². The van der Waals surface area contributed by atoms with Crippen LogP contribution in [0.25, 0.3) is 10.9 Å². The number of aromatic hydroxyl groups is 1. The number of thiophene rings is 1. The summed E-state index contributed by atoms with van der Waals surface area (Å²) in [5, 5.41) is 18.6. The highest BCUT2D eigenvalue weighted by atomic mass is 32.1. The first-order valence-corrected chi connectivity index (χ1v) is 12.2. The zero-order valence-electron chi connectivity index (χ0n) is 19.9. The second-order valence-electron chi connectivity index (χ2n) is 8.52. The topological polar surface area (TPSA) is 107 Å². The largest absolute Gasteiger partial charge is 0.504 e. The maximum Gasteiger partial charge on any atom is 0.273 e. The number of nitrogens with zero attached hydrogens (tertiary/aromatic N) is 3. The second kappa shape index (κ2) is 11.2. The molecular weight excluding hydrogens is 481 g/mol. The minimum atomic E-state index is -0.597. The average Bonchev–Trinajstić information content (AvgIpc) is 3.38. The lowest BCUT2D eigenvalue weighted by Crippen LogP contribution is -2.32. The number of carbonyl (C=O) groups is 2. The number of halogens is 1. The number of pyridine rings is 2. The molecule has 0 aliphatic rings. The van der Waals surface area contributed by atoms with E-state index in [0.717, 1.165) is 16.0 Å². The Morgan fingerprint density at radius 3 is 2.50 bits per heavy atom. The monoisotopic (exact) mass is 507 g/mol. The van der Waals surface area contributed by atoms with Gasteiger partial charge >= 0.3 is 0 Å². The molecule has 0 bridgehead atoms. The van der Waals surface area contributed by atoms with Gasteiger partial charge < -0.3 is 20.6 Å². The molecule has 0 atom stereocenters. The van der Waals surface area contributed by atoms with Crippen LogP contribution in [-0.2, 0) is 13.0 Å². The lowest BCUT2D eigenvalue weighted by atomic mass is 10.0. The molecule has 8 nitrogen and oxygen atoms in total. The fourth-order valence-electron chi connectivity index (χ4n) is 3.62. The predicted octanol–water partition coefficient (Wildman–Crippen LogP) is 3.35. The van der Waals surface area contributed by atoms with Crippen LogP contribution >= 0.6 is 11.3 Å². The van der Waals surface area contributed by atoms with E-state index in [2.05, 4.69) is 20.6 Å². The number of fused-ring (bicyclic) bond motifs is 1. The van der Waals surface area contributed by atoms with Gasteiger partial charge in [-0.3, -0.25) is 14.6 Å². The highest BCUT2D eigenvalue weighted by Crippen LogP contribution is 2.29. The van der Waals surface area contributed by atoms with Gasteiger partial charge in [-0.1, -0.05) is 18.2 Å². The number of hydrogen-bond donors (Lipinski definition) is 3. The standard InChI is InChI=1S/C26H26FN5O3S/c1-32(2)10-9-28-26(35)23-24(33)21-20(22(31-23)25(34)30-15-19-4-3-11-36-19)13-17(14-29-21)12-16-5-7-18(27)8-6-16/h3-8,11,13-14,33H,9-10,12,15H2,1-2H3,(H,28,35)(H,30,34). The number of rotatable bonds is 9. The van der Waals surface area contributed by atoms with Crippen molar-refractivity contribution in [3.05, 3.63) is 87.3 Å². The summed E-state index contributed by atoms with van der Waals surface area (Å²) < 4.78 is 13.3. The Morgan fingerprint density at radius 2 is 1.81 bits per heavy atom. The van der Waals surface area contributed by atoms with Gasteiger partial charge in [0, 0.05) is 29.5 Å². The third kappa shape index (κ3) is 6.02. The lowest BCUT2D eigenvalue weighted by molar-refractivity contribution is 0.0941. The molecule has 4 rings (SSSR count). The third-order valence-electron chi connectivity index (χ3n) is 5.47. The zero-order valence-corrected chi connectivity index (χ0v) is 20.7. The molecule has 1 aromatic carbocycles. The van der Waals surface area contributed by atoms with Crippen molar-refractivity contribution in [2.75, 3.05) is 27.2 Å². The van der Waals surface area contributed by atoms with Crippen molar-refractivity contribution >= 4 is 34.1 Å². The molecule has 0 aliphatic heterocycles. The van der Waals surface area contributed by atoms with E-state index in [4.69, 9.17) is 0 Å². The molecule has 4 aromatic rings. The van der Waals surface area contributed by atoms with E-state index in [0.29, 0.717) is 31.4 Å². The van der Waals surface area contributed by atoms with Crippen LogP contribution in [0.15, 0.2) is 54.0 Å². The SMILES string of the molecule is CN(C)CCNC(=O)c1nc(C(=O)NCc2cccs2)c2cc(Cc3ccc(F)cc3)cnc2c1O. The lowest BCUT2D eigenvalue weighted by Gasteiger charge is -2.14. The third-order valence-corrected chi connectivity index (χ3v) is 6.35. The smallest absolute Gasteiger partial charge is 0.273 e. The van der Waals surface area contributed by atoms with Crippen molar-refractivity contribution in [3.63, 3.8) is 0 Å². The normalized spacial score (nSPS) is 11.1. The molecule has 0 spiro atoms. The van der Waals surface area contributed by atoms with E-state index in [1.165, 1.54) is 23.5 Å². The van der Waals surface area contributed by atoms with Crippen LogP contribution in [0.3, 0.4) is 0 Å². The molecule has 0 aliphatic carbocycles. The highest BCUT2D eigenvalue weighted by Gasteiger charge is 2.23. The van der Waals surface area contributed by atoms with Gasteiger partial charge in [-0.25, -0.2) is 9.37 Å². The number of benzene rings is 1. The summed E-state index contributed by atoms with van der Waals surface area (Å²) in [4.78, 5) is 37.5. The van der Waals surface area contributed by atoms with Gasteiger partial charge in [-0.15, -0.1) is 11.3 Å². The number of amides is 2. The van der Waals surface area contributed by atoms with Crippen LogP contribution in [-0.4, -0.2) is 59.0 Å². The van der Waals surface area contributed by atoms with Crippen molar-refractivity contribution in [2.24, 2.45) is 0 Å². The van der Waals surface area contributed by atoms with Crippen molar-refractivity contribution in [1.29, 1.82) is 0 Å². The van der Waals surface area contributed by atoms with Crippen LogP contribution in [0.5, 0.6) is 5.75 Å². The van der Waals surface area contributed by atoms with Gasteiger partial charge in [0.05, 0.1) is 6.54 Å². The summed E-state index contributed by atoms with van der Waals surface area (Å²) in [5.41, 5.74) is 1.43. The van der Waals surface area contributed by atoms with Crippen LogP contribution in [0.2, 0.25) is 0 Å². The summed E-state index contributed by atoms with van der Waals surface area (Å²) in [7, 11) is 3.75. The van der Waals surface area contributed by atoms with Crippen molar-refractivity contribution < 1.29 is 19.1 Å². The van der Waals surface area contributed by atoms with E-state index in [9.17, 15) is 19.1 Å². The maximum absolute atomic E-state index is 13.3. The maximum atomic E-state index is 13.3. The summed E-state index contributed by atoms with van der Waals surface area (Å²) in [6, 6.07) is 11.6. The minimum absolute atomic E-state index is 0.00873. The van der Waals surface area contributed by atoms with Crippen molar-refractivity contribution in [1.82, 2.24) is 25.5 Å². The van der Waals surface area contributed by atoms with Gasteiger partial charge in [0.25, 0.3) is 11.8 Å². The molecule has 0 saturated carbocycles. The van der Waals surface area contributed by atoms with Gasteiger partial charge in [-0.2, -0.15) is 0 Å². The molecular formula is C26H26FN5O3S. The van der Waals surface area contributed by atoms with Crippen molar-refractivity contribution in [3.8, 4) is 5.75 Å². The molecule has 0 unspecified atom stereocenters. The molecule has 2 amide bonds. The molecule has 186 valence electrons. The van der Waals surface area contributed by atoms with Crippen LogP contribution in [0.1, 0.15) is 37.0 Å². The van der Waals surface area contributed by atoms with Gasteiger partial charge in [0.1, 0.15) is 17.0 Å². The zero-order chi connectivity index (χ0) is 25.7. The Kier molecular flexibility index (Phi) is 7.87. The highest BCUT2D eigenvalue weighted by molar-refractivity contribution is 7.09. The number of likely N-dealkylation sites (N-methyl/N-ethyl adjacent to an activating group) is 1. The first-order chi connectivity index (χ1) is 17.3. The predicted molar refractivity (Wildman–Crippen MR) is 137 cm³/mol. The first kappa shape index (κ1) is 25.2. The van der Waals surface area contributed by atoms with Crippen LogP contribution in [0, 0.1) is 5.82 Å². The molecule has 3 aromatic heterocycles. The Labute approximate surface area is 211 Å². The number of carbonyl (C=O) groups excluding carboxylic acids is 2. The molecule has 3 N–H and O–H groups in total. The molecule has 0 radical (unpaired) electrons. The Morgan fingerprint density at radius 1 is 1.06 bits per heavy atom. The van der Waals surface area contributed by atoms with E-state index in [-0.39, 0.29) is 22.7 Å². The fourth-order valence-corrected chi connectivity index (χ4v) is 4.27. The summed E-state index contributed by atoms with van der Waals surface area (Å²) in [6.07, 6.45) is 2.00. The number of hydrogen-bond acceptors (Lipinski definition) is 7. The average molecular weight is 508 g/mol. The molecule has 0 saturated heterocycles. The minimum Gasteiger partial charge on any atom is -0.504 e. The van der Waals surface area contributed by atoms with E-state index in [1.807, 2.05) is 36.5 Å². The van der Waals surface area contributed by atoms with Crippen molar-refractivity contribution in [2.45, 2.75) is 13.0 Å². The molecule has 0 fully saturated rings. The Balaban J connectivity index is 1.71. The van der Waals surface area contributed by atoms with E-state index >= 15 is 0 Å². The summed E-state index contributed by atoms with van der Waals surface area (Å²) in [6.45, 7) is 1.24.